The smallest absolute Gasteiger partial charge is 0.288 e. The van der Waals surface area contributed by atoms with Gasteiger partial charge in [0.25, 0.3) is 5.69 Å². The second-order valence-electron chi connectivity index (χ2n) is 5.96. The average Bonchev–Trinajstić information content (AvgIpc) is 3.01. The molecule has 1 aliphatic heterocycles. The predicted octanol–water partition coefficient (Wildman–Crippen LogP) is 2.82. The zero-order valence-corrected chi connectivity index (χ0v) is 14.2. The van der Waals surface area contributed by atoms with Gasteiger partial charge >= 0.3 is 0 Å². The molecule has 1 aliphatic rings. The van der Waals surface area contributed by atoms with Crippen molar-refractivity contribution in [3.63, 3.8) is 0 Å². The van der Waals surface area contributed by atoms with Crippen LogP contribution in [0.2, 0.25) is 5.02 Å². The SMILES string of the molecule is CC1(C)CC(S(=O)(=O)Cc2noc3cc(Cl)c([N+](=O)[O-])cc23)=NO1. The number of sulfone groups is 1. The van der Waals surface area contributed by atoms with Crippen molar-refractivity contribution in [2.75, 3.05) is 0 Å². The lowest BCUT2D eigenvalue weighted by atomic mass is 10.1. The Morgan fingerprint density at radius 2 is 2.12 bits per heavy atom. The number of rotatable bonds is 3. The van der Waals surface area contributed by atoms with Crippen LogP contribution in [0.1, 0.15) is 26.0 Å². The molecule has 1 aromatic heterocycles. The number of nitro groups is 1. The summed E-state index contributed by atoms with van der Waals surface area (Å²) in [5.74, 6) is -0.503. The van der Waals surface area contributed by atoms with Crippen molar-refractivity contribution in [3.05, 3.63) is 33.0 Å². The van der Waals surface area contributed by atoms with Crippen LogP contribution in [0.3, 0.4) is 0 Å². The van der Waals surface area contributed by atoms with Crippen molar-refractivity contribution in [3.8, 4) is 0 Å². The van der Waals surface area contributed by atoms with Crippen molar-refractivity contribution < 1.29 is 22.7 Å². The number of hydrogen-bond donors (Lipinski definition) is 0. The Kier molecular flexibility index (Phi) is 3.76. The van der Waals surface area contributed by atoms with Crippen molar-refractivity contribution in [2.45, 2.75) is 31.6 Å². The Bertz CT molecular complexity index is 979. The first kappa shape index (κ1) is 16.7. The Balaban J connectivity index is 1.99. The monoisotopic (exact) mass is 373 g/mol. The molecule has 0 aliphatic carbocycles. The van der Waals surface area contributed by atoms with Gasteiger partial charge in [0.15, 0.2) is 10.6 Å². The highest BCUT2D eigenvalue weighted by Crippen LogP contribution is 2.33. The van der Waals surface area contributed by atoms with Crippen LogP contribution in [0.15, 0.2) is 21.8 Å². The molecule has 11 heteroatoms. The van der Waals surface area contributed by atoms with Gasteiger partial charge in [-0.05, 0) is 13.8 Å². The molecule has 2 heterocycles. The minimum absolute atomic E-state index is 0.0529. The number of aromatic nitrogens is 1. The molecular weight excluding hydrogens is 362 g/mol. The summed E-state index contributed by atoms with van der Waals surface area (Å²) in [7, 11) is -3.79. The number of hydrogen-bond acceptors (Lipinski definition) is 8. The minimum atomic E-state index is -3.79. The topological polar surface area (TPSA) is 125 Å². The van der Waals surface area contributed by atoms with Crippen molar-refractivity contribution in [1.82, 2.24) is 5.16 Å². The van der Waals surface area contributed by atoms with Crippen LogP contribution in [0.25, 0.3) is 11.0 Å². The number of oxime groups is 1. The molecule has 0 atom stereocenters. The van der Waals surface area contributed by atoms with Crippen molar-refractivity contribution in [2.24, 2.45) is 5.16 Å². The lowest BCUT2D eigenvalue weighted by molar-refractivity contribution is -0.384. The predicted molar refractivity (Wildman–Crippen MR) is 85.5 cm³/mol. The van der Waals surface area contributed by atoms with Gasteiger partial charge in [0.2, 0.25) is 9.84 Å². The first-order valence-corrected chi connectivity index (χ1v) is 8.82. The largest absolute Gasteiger partial charge is 0.389 e. The molecule has 0 spiro atoms. The first-order valence-electron chi connectivity index (χ1n) is 6.79. The van der Waals surface area contributed by atoms with E-state index < -0.39 is 26.1 Å². The fourth-order valence-corrected chi connectivity index (χ4v) is 3.95. The highest BCUT2D eigenvalue weighted by molar-refractivity contribution is 8.05. The molecular formula is C13H12ClN3O6S. The van der Waals surface area contributed by atoms with Gasteiger partial charge in [0.1, 0.15) is 22.1 Å². The van der Waals surface area contributed by atoms with E-state index in [0.717, 1.165) is 6.07 Å². The molecule has 0 unspecified atom stereocenters. The van der Waals surface area contributed by atoms with Crippen LogP contribution in [0.4, 0.5) is 5.69 Å². The summed E-state index contributed by atoms with van der Waals surface area (Å²) in [6.07, 6.45) is 0.136. The number of halogens is 1. The van der Waals surface area contributed by atoms with E-state index in [1.54, 1.807) is 13.8 Å². The fraction of sp³-hybridized carbons (Fsp3) is 0.385. The normalized spacial score (nSPS) is 16.9. The second-order valence-corrected chi connectivity index (χ2v) is 8.35. The molecule has 0 amide bonds. The zero-order valence-electron chi connectivity index (χ0n) is 12.6. The van der Waals surface area contributed by atoms with Crippen LogP contribution < -0.4 is 0 Å². The Hall–Kier alpha value is -2.20. The maximum atomic E-state index is 12.5. The number of nitrogens with zero attached hydrogens (tertiary/aromatic N) is 3. The highest BCUT2D eigenvalue weighted by Gasteiger charge is 2.36. The van der Waals surface area contributed by atoms with Gasteiger partial charge in [-0.25, -0.2) is 8.42 Å². The highest BCUT2D eigenvalue weighted by atomic mass is 35.5. The van der Waals surface area contributed by atoms with Gasteiger partial charge in [-0.3, -0.25) is 10.1 Å². The molecule has 0 saturated heterocycles. The summed E-state index contributed by atoms with van der Waals surface area (Å²) in [5, 5.41) is 18.3. The van der Waals surface area contributed by atoms with E-state index in [1.807, 2.05) is 0 Å². The number of benzene rings is 1. The van der Waals surface area contributed by atoms with Crippen LogP contribution in [-0.4, -0.2) is 29.1 Å². The average molecular weight is 374 g/mol. The van der Waals surface area contributed by atoms with E-state index >= 15 is 0 Å². The Morgan fingerprint density at radius 1 is 1.42 bits per heavy atom. The van der Waals surface area contributed by atoms with Gasteiger partial charge in [-0.15, -0.1) is 0 Å². The van der Waals surface area contributed by atoms with Gasteiger partial charge in [0, 0.05) is 18.6 Å². The summed E-state index contributed by atoms with van der Waals surface area (Å²) in [5.41, 5.74) is -0.827. The lowest BCUT2D eigenvalue weighted by Gasteiger charge is -2.13. The summed E-state index contributed by atoms with van der Waals surface area (Å²) >= 11 is 5.79. The summed E-state index contributed by atoms with van der Waals surface area (Å²) in [6.45, 7) is 3.44. The third kappa shape index (κ3) is 2.94. The first-order chi connectivity index (χ1) is 11.1. The summed E-state index contributed by atoms with van der Waals surface area (Å²) in [6, 6.07) is 2.38. The van der Waals surface area contributed by atoms with Gasteiger partial charge < -0.3 is 9.36 Å². The zero-order chi connectivity index (χ0) is 17.7. The quantitative estimate of drug-likeness (QED) is 0.598. The van der Waals surface area contributed by atoms with Gasteiger partial charge in [-0.2, -0.15) is 0 Å². The van der Waals surface area contributed by atoms with Gasteiger partial charge in [-0.1, -0.05) is 21.9 Å². The van der Waals surface area contributed by atoms with E-state index in [2.05, 4.69) is 10.3 Å². The molecule has 0 saturated carbocycles. The van der Waals surface area contributed by atoms with Crippen LogP contribution >= 0.6 is 11.6 Å². The van der Waals surface area contributed by atoms with Crippen LogP contribution in [0.5, 0.6) is 0 Å². The van der Waals surface area contributed by atoms with E-state index in [0.29, 0.717) is 0 Å². The van der Waals surface area contributed by atoms with E-state index in [-0.39, 0.29) is 38.8 Å². The second kappa shape index (κ2) is 5.42. The van der Waals surface area contributed by atoms with E-state index in [4.69, 9.17) is 21.0 Å². The van der Waals surface area contributed by atoms with Gasteiger partial charge in [0.05, 0.1) is 10.3 Å². The molecule has 3 rings (SSSR count). The van der Waals surface area contributed by atoms with E-state index in [1.165, 1.54) is 6.07 Å². The molecule has 0 fully saturated rings. The standard InChI is InChI=1S/C13H12ClN3O6S/c1-13(2)5-12(16-23-13)24(20,21)6-9-7-3-10(17(18)19)8(14)4-11(7)22-15-9/h3-4H,5-6H2,1-2H3. The Labute approximate surface area is 141 Å². The lowest BCUT2D eigenvalue weighted by Crippen LogP contribution is -2.23. The molecule has 0 N–H and O–H groups in total. The number of fused-ring (bicyclic) bond motifs is 1. The van der Waals surface area contributed by atoms with Crippen molar-refractivity contribution in [1.29, 1.82) is 0 Å². The third-order valence-corrected chi connectivity index (χ3v) is 5.36. The molecule has 128 valence electrons. The molecule has 0 radical (unpaired) electrons. The summed E-state index contributed by atoms with van der Waals surface area (Å²) in [4.78, 5) is 15.4. The molecule has 0 bridgehead atoms. The van der Waals surface area contributed by atoms with E-state index in [9.17, 15) is 18.5 Å². The fourth-order valence-electron chi connectivity index (χ4n) is 2.28. The van der Waals surface area contributed by atoms with Crippen LogP contribution in [-0.2, 0) is 20.4 Å². The molecule has 9 nitrogen and oxygen atoms in total. The summed E-state index contributed by atoms with van der Waals surface area (Å²) < 4.78 is 30.0. The van der Waals surface area contributed by atoms with Crippen molar-refractivity contribution >= 4 is 43.1 Å². The third-order valence-electron chi connectivity index (χ3n) is 3.47. The molecule has 24 heavy (non-hydrogen) atoms. The maximum absolute atomic E-state index is 12.5. The molecule has 2 aromatic rings. The maximum Gasteiger partial charge on any atom is 0.288 e. The minimum Gasteiger partial charge on any atom is -0.389 e. The number of nitro benzene ring substituents is 1. The Morgan fingerprint density at radius 3 is 2.71 bits per heavy atom. The molecule has 1 aromatic carbocycles. The van der Waals surface area contributed by atoms with Crippen LogP contribution in [0, 0.1) is 10.1 Å².